The summed E-state index contributed by atoms with van der Waals surface area (Å²) in [6, 6.07) is -0.0185. The van der Waals surface area contributed by atoms with Crippen LogP contribution in [0.2, 0.25) is 0 Å². The summed E-state index contributed by atoms with van der Waals surface area (Å²) in [6.45, 7) is 4.29. The maximum absolute atomic E-state index is 8.46. The van der Waals surface area contributed by atoms with Gasteiger partial charge in [-0.25, -0.2) is 0 Å². The molecule has 2 nitrogen and oxygen atoms in total. The van der Waals surface area contributed by atoms with Crippen LogP contribution in [0.4, 0.5) is 0 Å². The molecule has 3 N–H and O–H groups in total. The van der Waals surface area contributed by atoms with E-state index in [0.717, 1.165) is 6.42 Å². The molecule has 3 heteroatoms. The number of hydrogen-bond acceptors (Lipinski definition) is 2. The molecular formula is C6H15CuNO. The summed E-state index contributed by atoms with van der Waals surface area (Å²) in [7, 11) is 0. The SMILES string of the molecule is CC(C)C[C@H](N)CO.[Cu]. The number of aliphatic hydroxyl groups is 1. The van der Waals surface area contributed by atoms with Gasteiger partial charge in [0.25, 0.3) is 0 Å². The van der Waals surface area contributed by atoms with Crippen LogP contribution in [0.15, 0.2) is 0 Å². The van der Waals surface area contributed by atoms with E-state index in [9.17, 15) is 0 Å². The predicted octanol–water partition coefficient (Wildman–Crippen LogP) is 0.350. The van der Waals surface area contributed by atoms with E-state index in [1.54, 1.807) is 0 Å². The molecular weight excluding hydrogens is 166 g/mol. The second kappa shape index (κ2) is 6.56. The van der Waals surface area contributed by atoms with E-state index in [1.807, 2.05) is 0 Å². The Labute approximate surface area is 67.3 Å². The first-order valence-corrected chi connectivity index (χ1v) is 3.03. The quantitative estimate of drug-likeness (QED) is 0.616. The average molecular weight is 181 g/mol. The van der Waals surface area contributed by atoms with Crippen molar-refractivity contribution in [2.24, 2.45) is 11.7 Å². The molecule has 61 valence electrons. The van der Waals surface area contributed by atoms with E-state index in [-0.39, 0.29) is 29.7 Å². The average Bonchev–Trinajstić information content (AvgIpc) is 1.65. The fraction of sp³-hybridized carbons (Fsp3) is 1.00. The first-order chi connectivity index (χ1) is 3.66. The number of rotatable bonds is 3. The Hall–Kier alpha value is 0.439. The Bertz CT molecular complexity index is 59.0. The summed E-state index contributed by atoms with van der Waals surface area (Å²) in [5.41, 5.74) is 5.42. The largest absolute Gasteiger partial charge is 0.395 e. The molecule has 0 heterocycles. The zero-order valence-corrected chi connectivity index (χ0v) is 6.84. The van der Waals surface area contributed by atoms with E-state index in [4.69, 9.17) is 10.8 Å². The minimum Gasteiger partial charge on any atom is -0.395 e. The molecule has 0 rings (SSSR count). The summed E-state index contributed by atoms with van der Waals surface area (Å²) < 4.78 is 0. The smallest absolute Gasteiger partial charge is 0.0582 e. The Morgan fingerprint density at radius 2 is 1.89 bits per heavy atom. The zero-order valence-electron chi connectivity index (χ0n) is 5.89. The Balaban J connectivity index is 0. The van der Waals surface area contributed by atoms with E-state index >= 15 is 0 Å². The van der Waals surface area contributed by atoms with Gasteiger partial charge < -0.3 is 10.8 Å². The summed E-state index contributed by atoms with van der Waals surface area (Å²) in [5, 5.41) is 8.46. The van der Waals surface area contributed by atoms with Crippen LogP contribution in [0, 0.1) is 5.92 Å². The molecule has 0 aliphatic rings. The van der Waals surface area contributed by atoms with Gasteiger partial charge >= 0.3 is 0 Å². The Kier molecular flexibility index (Phi) is 8.85. The van der Waals surface area contributed by atoms with E-state index in [1.165, 1.54) is 0 Å². The monoisotopic (exact) mass is 180 g/mol. The van der Waals surface area contributed by atoms with Gasteiger partial charge in [0.2, 0.25) is 0 Å². The summed E-state index contributed by atoms with van der Waals surface area (Å²) in [4.78, 5) is 0. The van der Waals surface area contributed by atoms with Gasteiger partial charge in [0.1, 0.15) is 0 Å². The van der Waals surface area contributed by atoms with Crippen molar-refractivity contribution in [3.63, 3.8) is 0 Å². The normalized spacial score (nSPS) is 13.0. The Morgan fingerprint density at radius 1 is 1.44 bits per heavy atom. The maximum atomic E-state index is 8.46. The van der Waals surface area contributed by atoms with Crippen molar-refractivity contribution in [3.05, 3.63) is 0 Å². The number of aliphatic hydroxyl groups excluding tert-OH is 1. The molecule has 0 unspecified atom stereocenters. The summed E-state index contributed by atoms with van der Waals surface area (Å²) in [5.74, 6) is 0.595. The Morgan fingerprint density at radius 3 is 2.00 bits per heavy atom. The number of nitrogens with two attached hydrogens (primary N) is 1. The molecule has 9 heavy (non-hydrogen) atoms. The van der Waals surface area contributed by atoms with Crippen LogP contribution in [-0.4, -0.2) is 17.8 Å². The minimum atomic E-state index is -0.0185. The van der Waals surface area contributed by atoms with Crippen LogP contribution in [0.3, 0.4) is 0 Å². The van der Waals surface area contributed by atoms with Crippen molar-refractivity contribution < 1.29 is 22.2 Å². The van der Waals surface area contributed by atoms with Gasteiger partial charge in [0.05, 0.1) is 6.61 Å². The van der Waals surface area contributed by atoms with Crippen LogP contribution in [0.5, 0.6) is 0 Å². The second-order valence-electron chi connectivity index (χ2n) is 2.57. The maximum Gasteiger partial charge on any atom is 0.0582 e. The summed E-state index contributed by atoms with van der Waals surface area (Å²) in [6.07, 6.45) is 0.913. The van der Waals surface area contributed by atoms with Gasteiger partial charge in [0.15, 0.2) is 0 Å². The number of hydrogen-bond donors (Lipinski definition) is 2. The molecule has 0 saturated heterocycles. The molecule has 0 saturated carbocycles. The van der Waals surface area contributed by atoms with Crippen molar-refractivity contribution in [3.8, 4) is 0 Å². The van der Waals surface area contributed by atoms with Gasteiger partial charge in [-0.1, -0.05) is 13.8 Å². The van der Waals surface area contributed by atoms with Crippen LogP contribution >= 0.6 is 0 Å². The van der Waals surface area contributed by atoms with Gasteiger partial charge in [-0.05, 0) is 12.3 Å². The van der Waals surface area contributed by atoms with Gasteiger partial charge in [-0.3, -0.25) is 0 Å². The fourth-order valence-corrected chi connectivity index (χ4v) is 0.680. The molecule has 1 radical (unpaired) electrons. The fourth-order valence-electron chi connectivity index (χ4n) is 0.680. The van der Waals surface area contributed by atoms with Crippen LogP contribution in [0.25, 0.3) is 0 Å². The third-order valence-corrected chi connectivity index (χ3v) is 1.01. The van der Waals surface area contributed by atoms with Gasteiger partial charge in [-0.15, -0.1) is 0 Å². The van der Waals surface area contributed by atoms with Gasteiger partial charge in [0, 0.05) is 23.1 Å². The van der Waals surface area contributed by atoms with E-state index < -0.39 is 0 Å². The standard InChI is InChI=1S/C6H15NO.Cu/c1-5(2)3-6(7)4-8;/h5-6,8H,3-4,7H2,1-2H3;/t6-;/m0./s1. The molecule has 0 aromatic carbocycles. The van der Waals surface area contributed by atoms with E-state index in [2.05, 4.69) is 13.8 Å². The zero-order chi connectivity index (χ0) is 6.57. The molecule has 0 amide bonds. The van der Waals surface area contributed by atoms with Crippen LogP contribution in [0.1, 0.15) is 20.3 Å². The van der Waals surface area contributed by atoms with E-state index in [0.29, 0.717) is 5.92 Å². The van der Waals surface area contributed by atoms with Crippen molar-refractivity contribution in [1.29, 1.82) is 0 Å². The molecule has 0 aliphatic carbocycles. The predicted molar refractivity (Wildman–Crippen MR) is 34.5 cm³/mol. The third-order valence-electron chi connectivity index (χ3n) is 1.01. The molecule has 0 bridgehead atoms. The van der Waals surface area contributed by atoms with Crippen LogP contribution < -0.4 is 5.73 Å². The molecule has 0 aromatic rings. The van der Waals surface area contributed by atoms with Gasteiger partial charge in [-0.2, -0.15) is 0 Å². The van der Waals surface area contributed by atoms with Crippen molar-refractivity contribution in [2.45, 2.75) is 26.3 Å². The summed E-state index contributed by atoms with van der Waals surface area (Å²) >= 11 is 0. The second-order valence-corrected chi connectivity index (χ2v) is 2.57. The first kappa shape index (κ1) is 12.1. The molecule has 1 atom stereocenters. The molecule has 0 fully saturated rings. The van der Waals surface area contributed by atoms with Crippen molar-refractivity contribution in [2.75, 3.05) is 6.61 Å². The minimum absolute atomic E-state index is 0. The third kappa shape index (κ3) is 8.44. The van der Waals surface area contributed by atoms with Crippen molar-refractivity contribution >= 4 is 0 Å². The van der Waals surface area contributed by atoms with Crippen LogP contribution in [-0.2, 0) is 17.1 Å². The molecule has 0 aromatic heterocycles. The van der Waals surface area contributed by atoms with Crippen molar-refractivity contribution in [1.82, 2.24) is 0 Å². The first-order valence-electron chi connectivity index (χ1n) is 3.03. The molecule has 0 aliphatic heterocycles. The molecule has 0 spiro atoms. The topological polar surface area (TPSA) is 46.2 Å².